The molecule has 1 aromatic rings. The van der Waals surface area contributed by atoms with Crippen molar-refractivity contribution in [1.82, 2.24) is 10.6 Å². The number of benzene rings is 1. The van der Waals surface area contributed by atoms with E-state index in [1.54, 1.807) is 39.0 Å². The highest BCUT2D eigenvalue weighted by Crippen LogP contribution is 2.20. The topological polar surface area (TPSA) is 84.5 Å². The van der Waals surface area contributed by atoms with Crippen LogP contribution in [0.3, 0.4) is 0 Å². The minimum atomic E-state index is -0.825. The molecule has 2 N–H and O–H groups in total. The molecule has 0 aliphatic heterocycles. The first-order valence-electron chi connectivity index (χ1n) is 6.72. The van der Waals surface area contributed by atoms with E-state index >= 15 is 0 Å². The van der Waals surface area contributed by atoms with Gasteiger partial charge in [0.05, 0.1) is 0 Å². The van der Waals surface area contributed by atoms with Crippen LogP contribution in [0.25, 0.3) is 0 Å². The molecule has 1 rings (SSSR count). The number of carbonyl (C=O) groups is 3. The predicted octanol–water partition coefficient (Wildman–Crippen LogP) is 1.81. The number of Topliss-reactive ketones (excluding diaryl/α,β-unsaturated/α-hetero) is 1. The van der Waals surface area contributed by atoms with Gasteiger partial charge in [0.15, 0.2) is 11.9 Å². The van der Waals surface area contributed by atoms with Crippen LogP contribution in [0.4, 0.5) is 4.79 Å². The van der Waals surface area contributed by atoms with Gasteiger partial charge in [-0.1, -0.05) is 0 Å². The highest BCUT2D eigenvalue weighted by Gasteiger charge is 2.18. The number of rotatable bonds is 5. The fourth-order valence-corrected chi connectivity index (χ4v) is 1.66. The number of nitrogens with one attached hydrogen (secondary N) is 2. The summed E-state index contributed by atoms with van der Waals surface area (Å²) in [6.07, 6.45) is -0.825. The number of urea groups is 1. The lowest BCUT2D eigenvalue weighted by Gasteiger charge is -2.16. The molecule has 1 unspecified atom stereocenters. The third-order valence-corrected chi connectivity index (χ3v) is 2.83. The number of hydrogen-bond donors (Lipinski definition) is 2. The lowest BCUT2D eigenvalue weighted by atomic mass is 10.1. The van der Waals surface area contributed by atoms with Crippen LogP contribution in [-0.4, -0.2) is 30.4 Å². The van der Waals surface area contributed by atoms with Crippen molar-refractivity contribution in [3.8, 4) is 5.75 Å². The van der Waals surface area contributed by atoms with Crippen LogP contribution in [0.2, 0.25) is 0 Å². The highest BCUT2D eigenvalue weighted by atomic mass is 16.5. The minimum absolute atomic E-state index is 0.0355. The van der Waals surface area contributed by atoms with E-state index in [1.165, 1.54) is 6.92 Å². The summed E-state index contributed by atoms with van der Waals surface area (Å²) in [5.74, 6) is -0.0683. The Bertz CT molecular complexity index is 555. The van der Waals surface area contributed by atoms with Crippen molar-refractivity contribution in [3.63, 3.8) is 0 Å². The monoisotopic (exact) mass is 292 g/mol. The Labute approximate surface area is 123 Å². The molecule has 0 fully saturated rings. The van der Waals surface area contributed by atoms with E-state index in [-0.39, 0.29) is 5.78 Å². The predicted molar refractivity (Wildman–Crippen MR) is 78.5 cm³/mol. The zero-order valence-electron chi connectivity index (χ0n) is 12.6. The molecule has 0 aliphatic rings. The standard InChI is InChI=1S/C15H20N2O4/c1-5-16-15(20)17-14(19)11(4)21-13-7-6-12(10(3)18)8-9(13)2/h6-8,11H,5H2,1-4H3,(H2,16,17,19,20). The second kappa shape index (κ2) is 7.42. The molecule has 0 radical (unpaired) electrons. The number of ketones is 1. The van der Waals surface area contributed by atoms with Crippen LogP contribution in [0.15, 0.2) is 18.2 Å². The van der Waals surface area contributed by atoms with Crippen molar-refractivity contribution in [2.24, 2.45) is 0 Å². The van der Waals surface area contributed by atoms with E-state index in [1.807, 2.05) is 0 Å². The summed E-state index contributed by atoms with van der Waals surface area (Å²) in [6, 6.07) is 4.43. The number of amides is 3. The van der Waals surface area contributed by atoms with Gasteiger partial charge in [-0.3, -0.25) is 14.9 Å². The largest absolute Gasteiger partial charge is 0.481 e. The molecule has 114 valence electrons. The fourth-order valence-electron chi connectivity index (χ4n) is 1.66. The number of aryl methyl sites for hydroxylation is 1. The average Bonchev–Trinajstić information content (AvgIpc) is 2.40. The van der Waals surface area contributed by atoms with Crippen LogP contribution in [0, 0.1) is 6.92 Å². The molecule has 0 aromatic heterocycles. The third kappa shape index (κ3) is 4.91. The average molecular weight is 292 g/mol. The first kappa shape index (κ1) is 16.7. The summed E-state index contributed by atoms with van der Waals surface area (Å²) in [6.45, 7) is 7.00. The van der Waals surface area contributed by atoms with Gasteiger partial charge in [-0.05, 0) is 51.5 Å². The van der Waals surface area contributed by atoms with E-state index in [0.717, 1.165) is 5.56 Å². The van der Waals surface area contributed by atoms with E-state index in [9.17, 15) is 14.4 Å². The first-order chi connectivity index (χ1) is 9.85. The summed E-state index contributed by atoms with van der Waals surface area (Å²) in [4.78, 5) is 34.3. The Balaban J connectivity index is 2.70. The van der Waals surface area contributed by atoms with Crippen LogP contribution < -0.4 is 15.4 Å². The van der Waals surface area contributed by atoms with Crippen LogP contribution in [0.1, 0.15) is 36.7 Å². The molecule has 21 heavy (non-hydrogen) atoms. The normalized spacial score (nSPS) is 11.4. The molecule has 0 spiro atoms. The zero-order valence-corrected chi connectivity index (χ0v) is 12.6. The van der Waals surface area contributed by atoms with Crippen molar-refractivity contribution in [1.29, 1.82) is 0 Å². The van der Waals surface area contributed by atoms with Crippen molar-refractivity contribution >= 4 is 17.7 Å². The quantitative estimate of drug-likeness (QED) is 0.811. The smallest absolute Gasteiger partial charge is 0.321 e. The minimum Gasteiger partial charge on any atom is -0.481 e. The van der Waals surface area contributed by atoms with Gasteiger partial charge in [-0.25, -0.2) is 4.79 Å². The van der Waals surface area contributed by atoms with E-state index in [4.69, 9.17) is 4.74 Å². The van der Waals surface area contributed by atoms with Crippen molar-refractivity contribution in [3.05, 3.63) is 29.3 Å². The molecule has 0 saturated heterocycles. The van der Waals surface area contributed by atoms with Gasteiger partial charge >= 0.3 is 6.03 Å². The molecule has 3 amide bonds. The number of carbonyl (C=O) groups excluding carboxylic acids is 3. The van der Waals surface area contributed by atoms with Gasteiger partial charge in [0.1, 0.15) is 5.75 Å². The summed E-state index contributed by atoms with van der Waals surface area (Å²) >= 11 is 0. The second-order valence-corrected chi connectivity index (χ2v) is 4.65. The SMILES string of the molecule is CCNC(=O)NC(=O)C(C)Oc1ccc(C(C)=O)cc1C. The van der Waals surface area contributed by atoms with Gasteiger partial charge in [0.2, 0.25) is 0 Å². The Morgan fingerprint density at radius 1 is 1.29 bits per heavy atom. The third-order valence-electron chi connectivity index (χ3n) is 2.83. The molecule has 0 saturated carbocycles. The van der Waals surface area contributed by atoms with Crippen LogP contribution in [-0.2, 0) is 4.79 Å². The maximum atomic E-state index is 11.8. The zero-order chi connectivity index (χ0) is 16.0. The maximum absolute atomic E-state index is 11.8. The maximum Gasteiger partial charge on any atom is 0.321 e. The lowest BCUT2D eigenvalue weighted by Crippen LogP contribution is -2.45. The fraction of sp³-hybridized carbons (Fsp3) is 0.400. The van der Waals surface area contributed by atoms with Gasteiger partial charge < -0.3 is 10.1 Å². The lowest BCUT2D eigenvalue weighted by molar-refractivity contribution is -0.126. The Morgan fingerprint density at radius 3 is 2.48 bits per heavy atom. The van der Waals surface area contributed by atoms with Gasteiger partial charge in [0, 0.05) is 12.1 Å². The van der Waals surface area contributed by atoms with Crippen LogP contribution >= 0.6 is 0 Å². The number of imide groups is 1. The van der Waals surface area contributed by atoms with Crippen LogP contribution in [0.5, 0.6) is 5.75 Å². The Morgan fingerprint density at radius 2 is 1.95 bits per heavy atom. The molecule has 0 aliphatic carbocycles. The Kier molecular flexibility index (Phi) is 5.90. The van der Waals surface area contributed by atoms with Gasteiger partial charge in [-0.15, -0.1) is 0 Å². The molecule has 6 nitrogen and oxygen atoms in total. The molecular weight excluding hydrogens is 272 g/mol. The van der Waals surface area contributed by atoms with Gasteiger partial charge in [0.25, 0.3) is 5.91 Å². The first-order valence-corrected chi connectivity index (χ1v) is 6.72. The summed E-state index contributed by atoms with van der Waals surface area (Å²) in [7, 11) is 0. The molecule has 1 aromatic carbocycles. The number of hydrogen-bond acceptors (Lipinski definition) is 4. The summed E-state index contributed by atoms with van der Waals surface area (Å²) in [5.41, 5.74) is 1.33. The van der Waals surface area contributed by atoms with Crippen molar-refractivity contribution in [2.45, 2.75) is 33.8 Å². The Hall–Kier alpha value is -2.37. The van der Waals surface area contributed by atoms with Gasteiger partial charge in [-0.2, -0.15) is 0 Å². The second-order valence-electron chi connectivity index (χ2n) is 4.65. The summed E-state index contributed by atoms with van der Waals surface area (Å²) in [5, 5.41) is 4.64. The molecule has 0 bridgehead atoms. The number of ether oxygens (including phenoxy) is 1. The highest BCUT2D eigenvalue weighted by molar-refractivity contribution is 5.96. The van der Waals surface area contributed by atoms with E-state index < -0.39 is 18.0 Å². The molecule has 6 heteroatoms. The molecular formula is C15H20N2O4. The van der Waals surface area contributed by atoms with Crippen molar-refractivity contribution < 1.29 is 19.1 Å². The van der Waals surface area contributed by atoms with E-state index in [0.29, 0.717) is 17.9 Å². The molecule has 0 heterocycles. The van der Waals surface area contributed by atoms with Crippen molar-refractivity contribution in [2.75, 3.05) is 6.54 Å². The molecule has 1 atom stereocenters. The summed E-state index contributed by atoms with van der Waals surface area (Å²) < 4.78 is 5.52. The van der Waals surface area contributed by atoms with E-state index in [2.05, 4.69) is 10.6 Å².